The lowest BCUT2D eigenvalue weighted by atomic mass is 9.99. The number of hydrogen-bond acceptors (Lipinski definition) is 2. The molecule has 0 aliphatic carbocycles. The highest BCUT2D eigenvalue weighted by molar-refractivity contribution is 5.79. The number of nitrogens with zero attached hydrogens (tertiary/aromatic N) is 1. The number of amides is 2. The second-order valence-corrected chi connectivity index (χ2v) is 5.68. The second kappa shape index (κ2) is 7.11. The first kappa shape index (κ1) is 15.4. The highest BCUT2D eigenvalue weighted by Crippen LogP contribution is 2.17. The molecule has 2 unspecified atom stereocenters. The van der Waals surface area contributed by atoms with E-state index in [2.05, 4.69) is 12.2 Å². The maximum absolute atomic E-state index is 12.1. The van der Waals surface area contributed by atoms with Crippen LogP contribution in [-0.4, -0.2) is 41.6 Å². The number of aliphatic carboxylic acids is 1. The van der Waals surface area contributed by atoms with Crippen LogP contribution in [0.25, 0.3) is 0 Å². The van der Waals surface area contributed by atoms with Gasteiger partial charge in [0.2, 0.25) is 0 Å². The monoisotopic (exact) mass is 290 g/mol. The van der Waals surface area contributed by atoms with Crippen LogP contribution in [0.2, 0.25) is 0 Å². The van der Waals surface area contributed by atoms with Crippen LogP contribution in [0.15, 0.2) is 30.3 Å². The maximum atomic E-state index is 12.1. The van der Waals surface area contributed by atoms with Gasteiger partial charge in [-0.1, -0.05) is 37.3 Å². The number of urea groups is 1. The van der Waals surface area contributed by atoms with Gasteiger partial charge in [-0.25, -0.2) is 4.79 Å². The molecule has 2 N–H and O–H groups in total. The average Bonchev–Trinajstić information content (AvgIpc) is 2.48. The van der Waals surface area contributed by atoms with E-state index in [1.165, 1.54) is 0 Å². The van der Waals surface area contributed by atoms with E-state index in [0.717, 1.165) is 25.9 Å². The number of rotatable bonds is 4. The van der Waals surface area contributed by atoms with Gasteiger partial charge in [0.25, 0.3) is 0 Å². The molecular formula is C16H22N2O3. The molecule has 1 aromatic carbocycles. The van der Waals surface area contributed by atoms with E-state index in [4.69, 9.17) is 0 Å². The summed E-state index contributed by atoms with van der Waals surface area (Å²) in [5.74, 6) is -1.13. The van der Waals surface area contributed by atoms with Gasteiger partial charge in [0, 0.05) is 19.6 Å². The molecule has 1 aromatic rings. The molecule has 0 aromatic heterocycles. The number of nitrogens with one attached hydrogen (secondary N) is 1. The van der Waals surface area contributed by atoms with Gasteiger partial charge in [-0.15, -0.1) is 0 Å². The van der Waals surface area contributed by atoms with Gasteiger partial charge in [-0.05, 0) is 24.3 Å². The van der Waals surface area contributed by atoms with Crippen molar-refractivity contribution in [3.8, 4) is 0 Å². The zero-order valence-electron chi connectivity index (χ0n) is 12.3. The molecule has 2 rings (SSSR count). The number of hydrogen-bond donors (Lipinski definition) is 2. The van der Waals surface area contributed by atoms with Crippen molar-refractivity contribution in [3.05, 3.63) is 35.9 Å². The quantitative estimate of drug-likeness (QED) is 0.894. The van der Waals surface area contributed by atoms with Crippen LogP contribution in [0.5, 0.6) is 0 Å². The summed E-state index contributed by atoms with van der Waals surface area (Å²) in [6, 6.07) is 8.83. The summed E-state index contributed by atoms with van der Waals surface area (Å²) in [6.07, 6.45) is 2.15. The van der Waals surface area contributed by atoms with Gasteiger partial charge >= 0.3 is 12.0 Å². The molecule has 1 aliphatic rings. The molecule has 5 nitrogen and oxygen atoms in total. The molecule has 0 bridgehead atoms. The molecule has 2 amide bonds. The number of benzene rings is 1. The number of carbonyl (C=O) groups is 2. The van der Waals surface area contributed by atoms with Crippen molar-refractivity contribution >= 4 is 12.0 Å². The van der Waals surface area contributed by atoms with Gasteiger partial charge in [-0.3, -0.25) is 4.79 Å². The summed E-state index contributed by atoms with van der Waals surface area (Å²) < 4.78 is 0. The zero-order chi connectivity index (χ0) is 15.2. The van der Waals surface area contributed by atoms with Gasteiger partial charge in [-0.2, -0.15) is 0 Å². The van der Waals surface area contributed by atoms with Gasteiger partial charge in [0.05, 0.1) is 5.92 Å². The van der Waals surface area contributed by atoms with Crippen LogP contribution in [0, 0.1) is 5.92 Å². The third-order valence-corrected chi connectivity index (χ3v) is 3.90. The van der Waals surface area contributed by atoms with E-state index >= 15 is 0 Å². The summed E-state index contributed by atoms with van der Waals surface area (Å²) in [5.41, 5.74) is 0.706. The fourth-order valence-electron chi connectivity index (χ4n) is 2.71. The molecule has 0 spiro atoms. The Kier molecular flexibility index (Phi) is 5.20. The van der Waals surface area contributed by atoms with Crippen molar-refractivity contribution in [3.63, 3.8) is 0 Å². The molecule has 1 heterocycles. The second-order valence-electron chi connectivity index (χ2n) is 5.68. The topological polar surface area (TPSA) is 69.6 Å². The third kappa shape index (κ3) is 4.21. The van der Waals surface area contributed by atoms with Gasteiger partial charge in [0.15, 0.2) is 0 Å². The number of carbonyl (C=O) groups excluding carboxylic acids is 1. The van der Waals surface area contributed by atoms with Crippen LogP contribution in [0.4, 0.5) is 4.79 Å². The van der Waals surface area contributed by atoms with E-state index in [-0.39, 0.29) is 12.6 Å². The van der Waals surface area contributed by atoms with Crippen LogP contribution >= 0.6 is 0 Å². The molecule has 114 valence electrons. The molecular weight excluding hydrogens is 268 g/mol. The standard InChI is InChI=1S/C16H22N2O3/c1-12-6-5-9-18(11-12)16(21)17-10-14(15(19)20)13-7-3-2-4-8-13/h2-4,7-8,12,14H,5-6,9-11H2,1H3,(H,17,21)(H,19,20). The first-order valence-electron chi connectivity index (χ1n) is 7.38. The van der Waals surface area contributed by atoms with Crippen molar-refractivity contribution in [2.75, 3.05) is 19.6 Å². The van der Waals surface area contributed by atoms with Gasteiger partial charge in [0.1, 0.15) is 0 Å². The number of piperidine rings is 1. The van der Waals surface area contributed by atoms with E-state index in [9.17, 15) is 14.7 Å². The fraction of sp³-hybridized carbons (Fsp3) is 0.500. The van der Waals surface area contributed by atoms with E-state index in [0.29, 0.717) is 11.5 Å². The van der Waals surface area contributed by atoms with Crippen LogP contribution in [-0.2, 0) is 4.79 Å². The Morgan fingerprint density at radius 2 is 2.10 bits per heavy atom. The van der Waals surface area contributed by atoms with Crippen LogP contribution in [0.3, 0.4) is 0 Å². The van der Waals surface area contributed by atoms with E-state index in [1.807, 2.05) is 6.07 Å². The van der Waals surface area contributed by atoms with E-state index in [1.54, 1.807) is 29.2 Å². The predicted molar refractivity (Wildman–Crippen MR) is 80.2 cm³/mol. The van der Waals surface area contributed by atoms with Crippen molar-refractivity contribution in [1.82, 2.24) is 10.2 Å². The molecule has 1 saturated heterocycles. The molecule has 1 aliphatic heterocycles. The Morgan fingerprint density at radius 3 is 2.71 bits per heavy atom. The number of carboxylic acids is 1. The summed E-state index contributed by atoms with van der Waals surface area (Å²) in [4.78, 5) is 25.3. The lowest BCUT2D eigenvalue weighted by Crippen LogP contribution is -2.46. The van der Waals surface area contributed by atoms with Crippen molar-refractivity contribution in [2.45, 2.75) is 25.7 Å². The predicted octanol–water partition coefficient (Wildman–Crippen LogP) is 2.30. The number of carboxylic acid groups (broad SMARTS) is 1. The van der Waals surface area contributed by atoms with E-state index < -0.39 is 11.9 Å². The molecule has 1 fully saturated rings. The Balaban J connectivity index is 1.93. The summed E-state index contributed by atoms with van der Waals surface area (Å²) in [5, 5.41) is 12.1. The van der Waals surface area contributed by atoms with Crippen molar-refractivity contribution in [1.29, 1.82) is 0 Å². The Morgan fingerprint density at radius 1 is 1.38 bits per heavy atom. The molecule has 2 atom stereocenters. The zero-order valence-corrected chi connectivity index (χ0v) is 12.3. The summed E-state index contributed by atoms with van der Waals surface area (Å²) in [7, 11) is 0. The number of likely N-dealkylation sites (tertiary alicyclic amines) is 1. The summed E-state index contributed by atoms with van der Waals surface area (Å²) >= 11 is 0. The van der Waals surface area contributed by atoms with Gasteiger partial charge < -0.3 is 15.3 Å². The minimum atomic E-state index is -0.923. The molecule has 5 heteroatoms. The summed E-state index contributed by atoms with van der Waals surface area (Å²) in [6.45, 7) is 3.74. The first-order valence-corrected chi connectivity index (χ1v) is 7.38. The van der Waals surface area contributed by atoms with Crippen LogP contribution in [0.1, 0.15) is 31.2 Å². The Labute approximate surface area is 125 Å². The lowest BCUT2D eigenvalue weighted by Gasteiger charge is -2.31. The van der Waals surface area contributed by atoms with Crippen LogP contribution < -0.4 is 5.32 Å². The smallest absolute Gasteiger partial charge is 0.317 e. The Bertz CT molecular complexity index is 490. The largest absolute Gasteiger partial charge is 0.481 e. The van der Waals surface area contributed by atoms with Crippen molar-refractivity contribution < 1.29 is 14.7 Å². The molecule has 21 heavy (non-hydrogen) atoms. The normalized spacial score (nSPS) is 19.9. The minimum absolute atomic E-state index is 0.114. The maximum Gasteiger partial charge on any atom is 0.317 e. The fourth-order valence-corrected chi connectivity index (χ4v) is 2.71. The SMILES string of the molecule is CC1CCCN(C(=O)NCC(C(=O)O)c2ccccc2)C1. The Hall–Kier alpha value is -2.04. The lowest BCUT2D eigenvalue weighted by molar-refractivity contribution is -0.138. The molecule has 0 saturated carbocycles. The first-order chi connectivity index (χ1) is 10.1. The molecule has 0 radical (unpaired) electrons. The highest BCUT2D eigenvalue weighted by Gasteiger charge is 2.24. The minimum Gasteiger partial charge on any atom is -0.481 e. The average molecular weight is 290 g/mol. The third-order valence-electron chi connectivity index (χ3n) is 3.90. The highest BCUT2D eigenvalue weighted by atomic mass is 16.4. The van der Waals surface area contributed by atoms with Crippen molar-refractivity contribution in [2.24, 2.45) is 5.92 Å².